The first-order chi connectivity index (χ1) is 16.2. The molecule has 0 radical (unpaired) electrons. The number of nitrogens with zero attached hydrogens (tertiary/aromatic N) is 3. The minimum atomic E-state index is -1.05. The van der Waals surface area contributed by atoms with Crippen molar-refractivity contribution in [2.75, 3.05) is 10.9 Å². The van der Waals surface area contributed by atoms with Crippen LogP contribution in [-0.2, 0) is 0 Å². The SMILES string of the molecule is C/C(=N/Nc1ccccc1C(=O)O)c1cc(/C(C)=N/Nc2ccccc2C(=O)O)c(C)nc1C.Cl. The number of halogens is 1. The van der Waals surface area contributed by atoms with Gasteiger partial charge in [0.15, 0.2) is 0 Å². The lowest BCUT2D eigenvalue weighted by molar-refractivity contribution is 0.0687. The third-order valence-corrected chi connectivity index (χ3v) is 5.19. The molecule has 0 saturated heterocycles. The highest BCUT2D eigenvalue weighted by atomic mass is 35.5. The van der Waals surface area contributed by atoms with Crippen molar-refractivity contribution in [3.63, 3.8) is 0 Å². The Kier molecular flexibility index (Phi) is 9.07. The molecule has 10 heteroatoms. The van der Waals surface area contributed by atoms with E-state index in [0.29, 0.717) is 22.8 Å². The van der Waals surface area contributed by atoms with E-state index in [1.807, 2.05) is 19.9 Å². The molecule has 2 aromatic carbocycles. The van der Waals surface area contributed by atoms with Crippen molar-refractivity contribution >= 4 is 47.1 Å². The van der Waals surface area contributed by atoms with Crippen molar-refractivity contribution in [2.45, 2.75) is 27.7 Å². The highest BCUT2D eigenvalue weighted by Gasteiger charge is 2.13. The summed E-state index contributed by atoms with van der Waals surface area (Å²) in [5.41, 5.74) is 10.9. The van der Waals surface area contributed by atoms with Crippen molar-refractivity contribution in [3.05, 3.63) is 88.2 Å². The molecule has 0 amide bonds. The number of anilines is 2. The maximum absolute atomic E-state index is 11.4. The highest BCUT2D eigenvalue weighted by molar-refractivity contribution is 6.05. The number of hydrogen-bond donors (Lipinski definition) is 4. The number of aromatic nitrogens is 1. The van der Waals surface area contributed by atoms with Gasteiger partial charge in [-0.2, -0.15) is 10.2 Å². The van der Waals surface area contributed by atoms with Gasteiger partial charge < -0.3 is 10.2 Å². The molecule has 35 heavy (non-hydrogen) atoms. The van der Waals surface area contributed by atoms with E-state index >= 15 is 0 Å². The zero-order valence-corrected chi connectivity index (χ0v) is 20.5. The van der Waals surface area contributed by atoms with Gasteiger partial charge in [0, 0.05) is 22.5 Å². The van der Waals surface area contributed by atoms with Crippen LogP contribution in [0.1, 0.15) is 57.1 Å². The summed E-state index contributed by atoms with van der Waals surface area (Å²) in [5, 5.41) is 27.4. The van der Waals surface area contributed by atoms with Crippen LogP contribution in [0.3, 0.4) is 0 Å². The quantitative estimate of drug-likeness (QED) is 0.249. The number of carboxylic acids is 2. The van der Waals surface area contributed by atoms with Crippen molar-refractivity contribution < 1.29 is 19.8 Å². The van der Waals surface area contributed by atoms with Crippen LogP contribution in [-0.4, -0.2) is 38.6 Å². The molecule has 0 unspecified atom stereocenters. The van der Waals surface area contributed by atoms with Crippen LogP contribution >= 0.6 is 12.4 Å². The number of hydrazone groups is 2. The lowest BCUT2D eigenvalue weighted by atomic mass is 10.0. The maximum atomic E-state index is 11.4. The van der Waals surface area contributed by atoms with Gasteiger partial charge >= 0.3 is 11.9 Å². The van der Waals surface area contributed by atoms with E-state index < -0.39 is 11.9 Å². The van der Waals surface area contributed by atoms with Gasteiger partial charge in [0.25, 0.3) is 0 Å². The molecule has 0 spiro atoms. The second kappa shape index (κ2) is 11.8. The Morgan fingerprint density at radius 3 is 1.46 bits per heavy atom. The van der Waals surface area contributed by atoms with Gasteiger partial charge in [0.2, 0.25) is 0 Å². The Balaban J connectivity index is 0.00000432. The first-order valence-corrected chi connectivity index (χ1v) is 10.4. The summed E-state index contributed by atoms with van der Waals surface area (Å²) in [6.07, 6.45) is 0. The van der Waals surface area contributed by atoms with Gasteiger partial charge in [-0.1, -0.05) is 24.3 Å². The van der Waals surface area contributed by atoms with Gasteiger partial charge in [-0.3, -0.25) is 15.8 Å². The van der Waals surface area contributed by atoms with E-state index in [1.165, 1.54) is 12.1 Å². The van der Waals surface area contributed by atoms with Crippen molar-refractivity contribution in [2.24, 2.45) is 10.2 Å². The largest absolute Gasteiger partial charge is 0.478 e. The fraction of sp³-hybridized carbons (Fsp3) is 0.160. The molecule has 0 saturated carbocycles. The predicted molar refractivity (Wildman–Crippen MR) is 139 cm³/mol. The van der Waals surface area contributed by atoms with Crippen LogP contribution in [0.25, 0.3) is 0 Å². The van der Waals surface area contributed by atoms with Crippen LogP contribution in [0.5, 0.6) is 0 Å². The van der Waals surface area contributed by atoms with Crippen LogP contribution in [0.4, 0.5) is 11.4 Å². The molecule has 9 nitrogen and oxygen atoms in total. The van der Waals surface area contributed by atoms with Gasteiger partial charge in [-0.05, 0) is 58.0 Å². The highest BCUT2D eigenvalue weighted by Crippen LogP contribution is 2.19. The summed E-state index contributed by atoms with van der Waals surface area (Å²) in [6, 6.07) is 14.9. The third-order valence-electron chi connectivity index (χ3n) is 5.19. The fourth-order valence-corrected chi connectivity index (χ4v) is 3.40. The number of hydrogen-bond acceptors (Lipinski definition) is 7. The van der Waals surface area contributed by atoms with Crippen molar-refractivity contribution in [1.82, 2.24) is 4.98 Å². The summed E-state index contributed by atoms with van der Waals surface area (Å²) < 4.78 is 0. The molecule has 1 aromatic heterocycles. The van der Waals surface area contributed by atoms with E-state index in [-0.39, 0.29) is 23.5 Å². The lowest BCUT2D eigenvalue weighted by Crippen LogP contribution is -2.11. The first kappa shape index (κ1) is 27.0. The molecule has 182 valence electrons. The molecule has 0 atom stereocenters. The summed E-state index contributed by atoms with van der Waals surface area (Å²) >= 11 is 0. The van der Waals surface area contributed by atoms with Gasteiger partial charge in [0.05, 0.1) is 33.9 Å². The van der Waals surface area contributed by atoms with Crippen molar-refractivity contribution in [1.29, 1.82) is 0 Å². The normalized spacial score (nSPS) is 11.4. The molecule has 3 rings (SSSR count). The van der Waals surface area contributed by atoms with E-state index in [0.717, 1.165) is 22.5 Å². The number of carbonyl (C=O) groups is 2. The minimum Gasteiger partial charge on any atom is -0.478 e. The Labute approximate surface area is 209 Å². The van der Waals surface area contributed by atoms with E-state index in [4.69, 9.17) is 0 Å². The second-order valence-corrected chi connectivity index (χ2v) is 7.57. The lowest BCUT2D eigenvalue weighted by Gasteiger charge is -2.13. The molecule has 0 aliphatic carbocycles. The molecule has 0 fully saturated rings. The van der Waals surface area contributed by atoms with Gasteiger partial charge in [0.1, 0.15) is 0 Å². The Bertz CT molecular complexity index is 1220. The van der Waals surface area contributed by atoms with Crippen LogP contribution in [0, 0.1) is 13.8 Å². The molecule has 3 aromatic rings. The Hall–Kier alpha value is -4.24. The molecule has 4 N–H and O–H groups in total. The topological polar surface area (TPSA) is 136 Å². The number of pyridine rings is 1. The monoisotopic (exact) mass is 495 g/mol. The zero-order chi connectivity index (χ0) is 24.8. The minimum absolute atomic E-state index is 0. The van der Waals surface area contributed by atoms with E-state index in [9.17, 15) is 19.8 Å². The van der Waals surface area contributed by atoms with Crippen molar-refractivity contribution in [3.8, 4) is 0 Å². The standard InChI is InChI=1S/C25H25N5O4.ClH/c1-14-20(16(3)27-29-22-11-7-5-9-18(22)24(31)32)13-21(15(2)26-14)17(4)28-30-23-12-8-6-10-19(23)25(33)34;/h5-13,29-30H,1-4H3,(H,31,32)(H,33,34);1H/b27-16-,28-17+;. The average molecular weight is 496 g/mol. The van der Waals surface area contributed by atoms with Gasteiger partial charge in [-0.15, -0.1) is 12.4 Å². The molecule has 0 aliphatic rings. The van der Waals surface area contributed by atoms with E-state index in [2.05, 4.69) is 26.0 Å². The molecular weight excluding hydrogens is 470 g/mol. The number of aryl methyl sites for hydroxylation is 2. The van der Waals surface area contributed by atoms with Crippen LogP contribution in [0.2, 0.25) is 0 Å². The number of para-hydroxylation sites is 2. The second-order valence-electron chi connectivity index (χ2n) is 7.57. The number of benzene rings is 2. The summed E-state index contributed by atoms with van der Waals surface area (Å²) in [4.78, 5) is 27.5. The number of carboxylic acid groups (broad SMARTS) is 2. The summed E-state index contributed by atoms with van der Waals surface area (Å²) in [5.74, 6) is -2.09. The Morgan fingerprint density at radius 1 is 0.714 bits per heavy atom. The smallest absolute Gasteiger partial charge is 0.337 e. The number of aromatic carboxylic acids is 2. The predicted octanol–water partition coefficient (Wildman–Crippen LogP) is 5.19. The molecule has 0 bridgehead atoms. The fourth-order valence-electron chi connectivity index (χ4n) is 3.40. The average Bonchev–Trinajstić information content (AvgIpc) is 2.81. The molecular formula is C25H26ClN5O4. The molecule has 0 aliphatic heterocycles. The van der Waals surface area contributed by atoms with E-state index in [1.54, 1.807) is 50.2 Å². The molecule has 1 heterocycles. The summed E-state index contributed by atoms with van der Waals surface area (Å²) in [7, 11) is 0. The summed E-state index contributed by atoms with van der Waals surface area (Å²) in [6.45, 7) is 7.33. The number of nitrogens with one attached hydrogen (secondary N) is 2. The zero-order valence-electron chi connectivity index (χ0n) is 19.7. The maximum Gasteiger partial charge on any atom is 0.337 e. The third kappa shape index (κ3) is 6.42. The van der Waals surface area contributed by atoms with Crippen LogP contribution in [0.15, 0.2) is 64.8 Å². The first-order valence-electron chi connectivity index (χ1n) is 10.4. The van der Waals surface area contributed by atoms with Crippen LogP contribution < -0.4 is 10.9 Å². The Morgan fingerprint density at radius 2 is 1.09 bits per heavy atom. The van der Waals surface area contributed by atoms with Gasteiger partial charge in [-0.25, -0.2) is 9.59 Å². The number of rotatable bonds is 8.